The van der Waals surface area contributed by atoms with E-state index < -0.39 is 0 Å². The highest BCUT2D eigenvalue weighted by atomic mass is 32.2. The summed E-state index contributed by atoms with van der Waals surface area (Å²) in [5, 5.41) is 8.20. The third-order valence-electron chi connectivity index (χ3n) is 0.679. The average Bonchev–Trinajstić information content (AvgIpc) is 1.97. The van der Waals surface area contributed by atoms with Crippen LogP contribution in [0.5, 0.6) is 0 Å². The van der Waals surface area contributed by atoms with Crippen LogP contribution in [0.15, 0.2) is 0 Å². The zero-order valence-electron chi connectivity index (χ0n) is 5.79. The smallest absolute Gasteiger partial charge is 0.105 e. The maximum Gasteiger partial charge on any atom is 0.105 e. The molecule has 4 heteroatoms. The van der Waals surface area contributed by atoms with Crippen LogP contribution < -0.4 is 0 Å². The number of rotatable bonds is 3. The second-order valence-corrected chi connectivity index (χ2v) is 4.82. The summed E-state index contributed by atoms with van der Waals surface area (Å²) < 4.78 is 0.892. The van der Waals surface area contributed by atoms with Gasteiger partial charge >= 0.3 is 0 Å². The minimum absolute atomic E-state index is 0.482. The normalized spacial score (nSPS) is 8.80. The van der Waals surface area contributed by atoms with Gasteiger partial charge in [0.1, 0.15) is 3.53 Å². The summed E-state index contributed by atoms with van der Waals surface area (Å²) in [5.41, 5.74) is 0. The Balaban J connectivity index is 3.19. The Hall–Kier alpha value is 0.280. The highest BCUT2D eigenvalue weighted by molar-refractivity contribution is 8.47. The number of hydrogen-bond acceptors (Lipinski definition) is 4. The van der Waals surface area contributed by atoms with Crippen molar-refractivity contribution in [3.05, 3.63) is 0 Å². The molecule has 56 valence electrons. The van der Waals surface area contributed by atoms with Crippen molar-refractivity contribution in [2.24, 2.45) is 0 Å². The van der Waals surface area contributed by atoms with Gasteiger partial charge in [-0.25, -0.2) is 0 Å². The van der Waals surface area contributed by atoms with Crippen LogP contribution in [0.4, 0.5) is 0 Å². The predicted molar refractivity (Wildman–Crippen MR) is 53.4 cm³/mol. The quantitative estimate of drug-likeness (QED) is 0.640. The average molecular weight is 191 g/mol. The zero-order chi connectivity index (χ0) is 7.82. The number of hydrogen-bond donors (Lipinski definition) is 0. The molecule has 0 aliphatic carbocycles. The first-order valence-corrected chi connectivity index (χ1v) is 5.35. The molecule has 10 heavy (non-hydrogen) atoms. The van der Waals surface area contributed by atoms with Crippen LogP contribution in [-0.2, 0) is 0 Å². The summed E-state index contributed by atoms with van der Waals surface area (Å²) in [4.78, 5) is 0. The van der Waals surface area contributed by atoms with E-state index in [4.69, 9.17) is 17.5 Å². The molecule has 0 aromatic heterocycles. The van der Waals surface area contributed by atoms with Gasteiger partial charge in [0, 0.05) is 0 Å². The van der Waals surface area contributed by atoms with Gasteiger partial charge in [-0.2, -0.15) is 5.26 Å². The Morgan fingerprint density at radius 1 is 1.60 bits per heavy atom. The van der Waals surface area contributed by atoms with E-state index >= 15 is 0 Å². The van der Waals surface area contributed by atoms with Crippen molar-refractivity contribution in [1.82, 2.24) is 0 Å². The van der Waals surface area contributed by atoms with Crippen LogP contribution in [0.3, 0.4) is 0 Å². The lowest BCUT2D eigenvalue weighted by molar-refractivity contribution is 1.11. The van der Waals surface area contributed by atoms with Crippen LogP contribution in [0.1, 0.15) is 13.3 Å². The van der Waals surface area contributed by atoms with Crippen LogP contribution in [0.25, 0.3) is 0 Å². The van der Waals surface area contributed by atoms with Gasteiger partial charge in [0.25, 0.3) is 0 Å². The Bertz CT molecular complexity index is 138. The second kappa shape index (κ2) is 7.39. The fourth-order valence-electron chi connectivity index (χ4n) is 0.318. The molecule has 0 aromatic carbocycles. The molecule has 0 fully saturated rings. The van der Waals surface area contributed by atoms with Crippen LogP contribution in [0, 0.1) is 11.3 Å². The van der Waals surface area contributed by atoms with Crippen molar-refractivity contribution in [1.29, 1.82) is 5.26 Å². The van der Waals surface area contributed by atoms with E-state index in [1.165, 1.54) is 11.8 Å². The van der Waals surface area contributed by atoms with Crippen LogP contribution in [-0.4, -0.2) is 15.0 Å². The lowest BCUT2D eigenvalue weighted by Gasteiger charge is -1.96. The van der Waals surface area contributed by atoms with E-state index in [9.17, 15) is 0 Å². The molecule has 0 radical (unpaired) electrons. The summed E-state index contributed by atoms with van der Waals surface area (Å²) in [6, 6.07) is 2.04. The lowest BCUT2D eigenvalue weighted by Crippen LogP contribution is -1.84. The molecular weight excluding hydrogens is 182 g/mol. The predicted octanol–water partition coefficient (Wildman–Crippen LogP) is 2.67. The topological polar surface area (TPSA) is 23.8 Å². The molecule has 0 spiro atoms. The fourth-order valence-corrected chi connectivity index (χ4v) is 2.06. The number of nitrogens with zero attached hydrogens (tertiary/aromatic N) is 1. The summed E-state index contributed by atoms with van der Waals surface area (Å²) in [6.07, 6.45) is 1.14. The molecule has 0 aliphatic heterocycles. The minimum Gasteiger partial charge on any atom is -0.197 e. The van der Waals surface area contributed by atoms with E-state index in [2.05, 4.69) is 6.92 Å². The van der Waals surface area contributed by atoms with Crippen LogP contribution in [0.2, 0.25) is 0 Å². The lowest BCUT2D eigenvalue weighted by atomic mass is 10.6. The van der Waals surface area contributed by atoms with Gasteiger partial charge in [0.15, 0.2) is 0 Å². The zero-order valence-corrected chi connectivity index (χ0v) is 8.24. The molecule has 0 unspecified atom stereocenters. The van der Waals surface area contributed by atoms with Crippen LogP contribution >= 0.6 is 35.7 Å². The third-order valence-corrected chi connectivity index (χ3v) is 3.45. The van der Waals surface area contributed by atoms with Crippen molar-refractivity contribution < 1.29 is 0 Å². The molecule has 0 saturated heterocycles. The molecule has 0 aromatic rings. The number of thiocarbonyl (C=S) groups is 1. The Kier molecular flexibility index (Phi) is 7.59. The van der Waals surface area contributed by atoms with Gasteiger partial charge in [0.2, 0.25) is 0 Å². The van der Waals surface area contributed by atoms with Gasteiger partial charge < -0.3 is 0 Å². The first kappa shape index (κ1) is 10.3. The molecule has 0 saturated carbocycles. The van der Waals surface area contributed by atoms with E-state index in [0.29, 0.717) is 5.75 Å². The third kappa shape index (κ3) is 6.40. The molecule has 0 atom stereocenters. The van der Waals surface area contributed by atoms with E-state index in [1.807, 2.05) is 6.07 Å². The first-order chi connectivity index (χ1) is 4.81. The summed E-state index contributed by atoms with van der Waals surface area (Å²) in [6.45, 7) is 2.12. The van der Waals surface area contributed by atoms with Gasteiger partial charge in [0.05, 0.1) is 11.8 Å². The summed E-state index contributed by atoms with van der Waals surface area (Å²) >= 11 is 8.07. The SMILES string of the molecule is CCCSC(=S)SCC#N. The van der Waals surface area contributed by atoms with E-state index in [-0.39, 0.29) is 0 Å². The molecule has 1 nitrogen and oxygen atoms in total. The van der Waals surface area contributed by atoms with Crippen molar-refractivity contribution in [3.8, 4) is 6.07 Å². The Labute approximate surface area is 75.6 Å². The molecule has 0 heterocycles. The molecule has 0 rings (SSSR count). The largest absolute Gasteiger partial charge is 0.197 e. The maximum atomic E-state index is 8.20. The molecule has 0 aliphatic rings. The van der Waals surface area contributed by atoms with Gasteiger partial charge in [-0.1, -0.05) is 30.9 Å². The number of nitriles is 1. The molecular formula is C6H9NS3. The molecule has 0 amide bonds. The minimum atomic E-state index is 0.482. The van der Waals surface area contributed by atoms with Gasteiger partial charge in [-0.3, -0.25) is 0 Å². The van der Waals surface area contributed by atoms with Crippen molar-refractivity contribution in [2.75, 3.05) is 11.5 Å². The Morgan fingerprint density at radius 2 is 2.30 bits per heavy atom. The second-order valence-electron chi connectivity index (χ2n) is 1.55. The highest BCUT2D eigenvalue weighted by Gasteiger charge is 1.95. The first-order valence-electron chi connectivity index (χ1n) is 2.97. The number of thioether (sulfide) groups is 2. The summed E-state index contributed by atoms with van der Waals surface area (Å²) in [5.74, 6) is 1.55. The van der Waals surface area contributed by atoms with E-state index in [0.717, 1.165) is 15.7 Å². The molecule has 0 bridgehead atoms. The van der Waals surface area contributed by atoms with Crippen molar-refractivity contribution in [2.45, 2.75) is 13.3 Å². The van der Waals surface area contributed by atoms with Gasteiger partial charge in [-0.05, 0) is 12.2 Å². The fraction of sp³-hybridized carbons (Fsp3) is 0.667. The monoisotopic (exact) mass is 191 g/mol. The van der Waals surface area contributed by atoms with Gasteiger partial charge in [-0.15, -0.1) is 11.8 Å². The maximum absolute atomic E-state index is 8.20. The standard InChI is InChI=1S/C6H9NS3/c1-2-4-9-6(8)10-5-3-7/h2,4-5H2,1H3. The Morgan fingerprint density at radius 3 is 2.80 bits per heavy atom. The van der Waals surface area contributed by atoms with E-state index in [1.54, 1.807) is 11.8 Å². The summed E-state index contributed by atoms with van der Waals surface area (Å²) in [7, 11) is 0. The van der Waals surface area contributed by atoms with Crippen molar-refractivity contribution in [3.63, 3.8) is 0 Å². The van der Waals surface area contributed by atoms with Crippen molar-refractivity contribution >= 4 is 39.3 Å². The molecule has 0 N–H and O–H groups in total. The highest BCUT2D eigenvalue weighted by Crippen LogP contribution is 2.16.